The van der Waals surface area contributed by atoms with Crippen LogP contribution in [0.15, 0.2) is 48.5 Å². The number of carbonyl (C=O) groups is 1. The maximum Gasteiger partial charge on any atom is 0.256 e. The number of carbonyl (C=O) groups excluding carboxylic acids is 1. The second kappa shape index (κ2) is 10.1. The average Bonchev–Trinajstić information content (AvgIpc) is 3.23. The maximum atomic E-state index is 13.1. The fraction of sp³-hybridized carbons (Fsp3) is 0.429. The third-order valence-electron chi connectivity index (χ3n) is 6.66. The zero-order valence-electron chi connectivity index (χ0n) is 21.6. The highest BCUT2D eigenvalue weighted by molar-refractivity contribution is 6.04. The van der Waals surface area contributed by atoms with Crippen LogP contribution in [0.25, 0.3) is 0 Å². The molecule has 7 nitrogen and oxygen atoms in total. The number of hydrogen-bond acceptors (Lipinski definition) is 5. The number of amides is 1. The molecule has 3 aromatic rings. The summed E-state index contributed by atoms with van der Waals surface area (Å²) in [4.78, 5) is 17.8. The van der Waals surface area contributed by atoms with Gasteiger partial charge in [-0.2, -0.15) is 5.10 Å². The molecule has 0 radical (unpaired) electrons. The van der Waals surface area contributed by atoms with E-state index in [1.165, 1.54) is 11.1 Å². The molecule has 0 spiro atoms. The molecule has 1 fully saturated rings. The third-order valence-corrected chi connectivity index (χ3v) is 6.66. The SMILES string of the molecule is Cc1ccc(N)cc1CCc1cc(NC(=O)c2ccc(N3CCN(C)CC3)cc2)n(C(C)(C)C)n1. The number of benzene rings is 2. The predicted molar refractivity (Wildman–Crippen MR) is 144 cm³/mol. The average molecular weight is 475 g/mol. The Hall–Kier alpha value is -3.32. The van der Waals surface area contributed by atoms with Gasteiger partial charge in [-0.25, -0.2) is 4.68 Å². The number of nitrogens with two attached hydrogens (primary N) is 1. The lowest BCUT2D eigenvalue weighted by Gasteiger charge is -2.34. The minimum atomic E-state index is -0.265. The van der Waals surface area contributed by atoms with Crippen LogP contribution in [0.4, 0.5) is 17.2 Å². The number of piperazine rings is 1. The standard InChI is InChI=1S/C28H38N6O/c1-20-6-10-23(29)18-22(20)7-11-24-19-26(34(31-24)28(2,3)4)30-27(35)21-8-12-25(13-9-21)33-16-14-32(5)15-17-33/h6,8-10,12-13,18-19H,7,11,14-17,29H2,1-5H3,(H,30,35). The molecule has 2 heterocycles. The van der Waals surface area contributed by atoms with Gasteiger partial charge in [0.05, 0.1) is 11.2 Å². The lowest BCUT2D eigenvalue weighted by atomic mass is 10.0. The summed E-state index contributed by atoms with van der Waals surface area (Å²) >= 11 is 0. The normalized spacial score (nSPS) is 14.8. The molecule has 2 aromatic carbocycles. The summed E-state index contributed by atoms with van der Waals surface area (Å²) in [7, 11) is 2.15. The first-order valence-electron chi connectivity index (χ1n) is 12.4. The number of anilines is 3. The van der Waals surface area contributed by atoms with Crippen molar-refractivity contribution < 1.29 is 4.79 Å². The number of hydrogen-bond donors (Lipinski definition) is 2. The molecule has 0 atom stereocenters. The van der Waals surface area contributed by atoms with E-state index in [2.05, 4.69) is 55.9 Å². The molecule has 3 N–H and O–H groups in total. The van der Waals surface area contributed by atoms with E-state index in [1.807, 2.05) is 47.1 Å². The molecule has 186 valence electrons. The third kappa shape index (κ3) is 6.03. The van der Waals surface area contributed by atoms with Gasteiger partial charge < -0.3 is 20.9 Å². The first-order valence-corrected chi connectivity index (χ1v) is 12.4. The van der Waals surface area contributed by atoms with Gasteiger partial charge in [0.1, 0.15) is 5.82 Å². The van der Waals surface area contributed by atoms with E-state index in [4.69, 9.17) is 10.8 Å². The van der Waals surface area contributed by atoms with Crippen LogP contribution in [-0.4, -0.2) is 53.8 Å². The second-order valence-corrected chi connectivity index (χ2v) is 10.6. The van der Waals surface area contributed by atoms with E-state index in [0.717, 1.165) is 56.1 Å². The summed E-state index contributed by atoms with van der Waals surface area (Å²) < 4.78 is 1.91. The van der Waals surface area contributed by atoms with Crippen LogP contribution < -0.4 is 16.0 Å². The first kappa shape index (κ1) is 24.8. The van der Waals surface area contributed by atoms with Crippen molar-refractivity contribution in [3.63, 3.8) is 0 Å². The van der Waals surface area contributed by atoms with Crippen LogP contribution >= 0.6 is 0 Å². The highest BCUT2D eigenvalue weighted by Crippen LogP contribution is 2.24. The molecule has 0 bridgehead atoms. The number of nitrogens with zero attached hydrogens (tertiary/aromatic N) is 4. The number of aromatic nitrogens is 2. The molecule has 4 rings (SSSR count). The van der Waals surface area contributed by atoms with Crippen LogP contribution in [0, 0.1) is 6.92 Å². The predicted octanol–water partition coefficient (Wildman–Crippen LogP) is 4.32. The topological polar surface area (TPSA) is 79.4 Å². The van der Waals surface area contributed by atoms with Gasteiger partial charge in [0, 0.05) is 49.2 Å². The minimum Gasteiger partial charge on any atom is -0.399 e. The smallest absolute Gasteiger partial charge is 0.256 e. The Kier molecular flexibility index (Phi) is 7.17. The van der Waals surface area contributed by atoms with E-state index in [9.17, 15) is 4.79 Å². The zero-order valence-corrected chi connectivity index (χ0v) is 21.6. The van der Waals surface area contributed by atoms with E-state index in [-0.39, 0.29) is 11.4 Å². The van der Waals surface area contributed by atoms with Crippen molar-refractivity contribution in [2.75, 3.05) is 49.2 Å². The van der Waals surface area contributed by atoms with E-state index >= 15 is 0 Å². The van der Waals surface area contributed by atoms with Crippen molar-refractivity contribution >= 4 is 23.1 Å². The van der Waals surface area contributed by atoms with Crippen LogP contribution in [0.3, 0.4) is 0 Å². The van der Waals surface area contributed by atoms with Crippen molar-refractivity contribution in [3.05, 3.63) is 70.9 Å². The Balaban J connectivity index is 1.47. The van der Waals surface area contributed by atoms with Gasteiger partial charge in [-0.15, -0.1) is 0 Å². The van der Waals surface area contributed by atoms with Gasteiger partial charge in [-0.05, 0) is 95.1 Å². The number of nitrogens with one attached hydrogen (secondary N) is 1. The first-order chi connectivity index (χ1) is 16.6. The Morgan fingerprint density at radius 2 is 1.69 bits per heavy atom. The van der Waals surface area contributed by atoms with Gasteiger partial charge in [-0.1, -0.05) is 6.07 Å². The Morgan fingerprint density at radius 1 is 1.00 bits per heavy atom. The maximum absolute atomic E-state index is 13.1. The van der Waals surface area contributed by atoms with E-state index in [0.29, 0.717) is 11.4 Å². The summed E-state index contributed by atoms with van der Waals surface area (Å²) in [5, 5.41) is 7.94. The van der Waals surface area contributed by atoms with Crippen LogP contribution in [-0.2, 0) is 18.4 Å². The summed E-state index contributed by atoms with van der Waals surface area (Å²) in [5.74, 6) is 0.587. The number of aryl methyl sites for hydroxylation is 3. The molecule has 0 aliphatic carbocycles. The molecule has 1 amide bonds. The van der Waals surface area contributed by atoms with Gasteiger partial charge in [0.15, 0.2) is 0 Å². The Bertz CT molecular complexity index is 1170. The Labute approximate surface area is 208 Å². The van der Waals surface area contributed by atoms with Crippen LogP contribution in [0.5, 0.6) is 0 Å². The molecule has 1 saturated heterocycles. The van der Waals surface area contributed by atoms with Gasteiger partial charge in [-0.3, -0.25) is 4.79 Å². The lowest BCUT2D eigenvalue weighted by molar-refractivity contribution is 0.102. The number of nitrogen functional groups attached to an aromatic ring is 1. The Morgan fingerprint density at radius 3 is 2.34 bits per heavy atom. The summed E-state index contributed by atoms with van der Waals surface area (Å²) in [6.07, 6.45) is 1.62. The summed E-state index contributed by atoms with van der Waals surface area (Å²) in [6.45, 7) is 12.5. The number of likely N-dealkylation sites (N-methyl/N-ethyl adjacent to an activating group) is 1. The molecule has 1 aliphatic heterocycles. The minimum absolute atomic E-state index is 0.126. The highest BCUT2D eigenvalue weighted by Gasteiger charge is 2.22. The van der Waals surface area contributed by atoms with Gasteiger partial charge in [0.2, 0.25) is 0 Å². The van der Waals surface area contributed by atoms with E-state index in [1.54, 1.807) is 0 Å². The van der Waals surface area contributed by atoms with Crippen LogP contribution in [0.2, 0.25) is 0 Å². The van der Waals surface area contributed by atoms with Crippen LogP contribution in [0.1, 0.15) is 48.0 Å². The van der Waals surface area contributed by atoms with Crippen molar-refractivity contribution in [1.29, 1.82) is 0 Å². The lowest BCUT2D eigenvalue weighted by Crippen LogP contribution is -2.44. The molecule has 35 heavy (non-hydrogen) atoms. The molecular formula is C28H38N6O. The fourth-order valence-corrected chi connectivity index (χ4v) is 4.45. The number of rotatable bonds is 6. The molecule has 1 aromatic heterocycles. The summed E-state index contributed by atoms with van der Waals surface area (Å²) in [5.41, 5.74) is 11.7. The van der Waals surface area contributed by atoms with E-state index < -0.39 is 0 Å². The molecule has 0 unspecified atom stereocenters. The van der Waals surface area contributed by atoms with Gasteiger partial charge >= 0.3 is 0 Å². The molecule has 1 aliphatic rings. The second-order valence-electron chi connectivity index (χ2n) is 10.6. The largest absolute Gasteiger partial charge is 0.399 e. The zero-order chi connectivity index (χ0) is 25.2. The van der Waals surface area contributed by atoms with Crippen molar-refractivity contribution in [2.45, 2.75) is 46.1 Å². The highest BCUT2D eigenvalue weighted by atomic mass is 16.1. The van der Waals surface area contributed by atoms with Gasteiger partial charge in [0.25, 0.3) is 5.91 Å². The van der Waals surface area contributed by atoms with Crippen molar-refractivity contribution in [3.8, 4) is 0 Å². The molecular weight excluding hydrogens is 436 g/mol. The molecule has 7 heteroatoms. The van der Waals surface area contributed by atoms with Crippen molar-refractivity contribution in [2.24, 2.45) is 0 Å². The molecule has 0 saturated carbocycles. The summed E-state index contributed by atoms with van der Waals surface area (Å²) in [6, 6.07) is 15.9. The quantitative estimate of drug-likeness (QED) is 0.520. The van der Waals surface area contributed by atoms with Crippen molar-refractivity contribution in [1.82, 2.24) is 14.7 Å². The fourth-order valence-electron chi connectivity index (χ4n) is 4.45. The monoisotopic (exact) mass is 474 g/mol.